The molecule has 2 atom stereocenters. The topological polar surface area (TPSA) is 117 Å². The largest absolute Gasteiger partial charge is 0.498 e. The fourth-order valence-corrected chi connectivity index (χ4v) is 6.01. The van der Waals surface area contributed by atoms with E-state index >= 15 is 0 Å². The van der Waals surface area contributed by atoms with Crippen molar-refractivity contribution in [3.05, 3.63) is 60.9 Å². The van der Waals surface area contributed by atoms with Crippen LogP contribution in [0.4, 0.5) is 0 Å². The Morgan fingerprint density at radius 3 is 1.61 bits per heavy atom. The van der Waals surface area contributed by atoms with Gasteiger partial charge < -0.3 is 20.1 Å². The van der Waals surface area contributed by atoms with Crippen molar-refractivity contribution in [2.45, 2.75) is 174 Å². The molecule has 0 amide bonds. The monoisotopic (exact) mass is 738 g/mol. The van der Waals surface area contributed by atoms with E-state index in [4.69, 9.17) is 24.3 Å². The Labute approximate surface area is 313 Å². The van der Waals surface area contributed by atoms with Crippen molar-refractivity contribution in [2.75, 3.05) is 26.4 Å². The number of unbranched alkanes of at least 4 members (excludes halogenated alkanes) is 17. The number of hydrogen-bond acceptors (Lipinski definition) is 7. The zero-order valence-corrected chi connectivity index (χ0v) is 33.5. The maximum absolute atomic E-state index is 12.5. The van der Waals surface area contributed by atoms with Crippen LogP contribution in [-0.4, -0.2) is 43.3 Å². The molecule has 0 heterocycles. The van der Waals surface area contributed by atoms with Crippen molar-refractivity contribution in [2.24, 2.45) is 5.73 Å². The van der Waals surface area contributed by atoms with Gasteiger partial charge in [-0.05, 0) is 63.9 Å². The van der Waals surface area contributed by atoms with E-state index in [-0.39, 0.29) is 32.8 Å². The smallest absolute Gasteiger partial charge is 0.472 e. The van der Waals surface area contributed by atoms with Crippen LogP contribution in [0.3, 0.4) is 0 Å². The number of esters is 1. The molecule has 0 aliphatic carbocycles. The third-order valence-corrected chi connectivity index (χ3v) is 9.24. The Bertz CT molecular complexity index is 963. The van der Waals surface area contributed by atoms with E-state index in [2.05, 4.69) is 62.5 Å². The van der Waals surface area contributed by atoms with Gasteiger partial charge in [-0.2, -0.15) is 0 Å². The minimum Gasteiger partial charge on any atom is -0.498 e. The van der Waals surface area contributed by atoms with Crippen LogP contribution in [-0.2, 0) is 27.9 Å². The van der Waals surface area contributed by atoms with Crippen LogP contribution in [0, 0.1) is 0 Å². The van der Waals surface area contributed by atoms with Crippen molar-refractivity contribution in [3.8, 4) is 0 Å². The van der Waals surface area contributed by atoms with E-state index < -0.39 is 19.9 Å². The summed E-state index contributed by atoms with van der Waals surface area (Å²) in [5, 5.41) is 0. The molecular weight excluding hydrogens is 661 g/mol. The van der Waals surface area contributed by atoms with Gasteiger partial charge in [-0.25, -0.2) is 4.57 Å². The molecular formula is C42H76NO7P. The minimum absolute atomic E-state index is 0.00884. The highest BCUT2D eigenvalue weighted by atomic mass is 31.2. The SMILES string of the molecule is CCCCC/C=C\C/C=C\C/C=C\C/C=C\CCCC(=O)OC(CO/C=C\CCCCCCCCCCCCCCC)COP(=O)(O)OCCN. The molecule has 0 rings (SSSR count). The average Bonchev–Trinajstić information content (AvgIpc) is 3.12. The van der Waals surface area contributed by atoms with Gasteiger partial charge in [0.05, 0.1) is 19.5 Å². The molecule has 296 valence electrons. The van der Waals surface area contributed by atoms with Gasteiger partial charge in [0.1, 0.15) is 6.61 Å². The minimum atomic E-state index is -4.31. The molecule has 0 aromatic heterocycles. The Morgan fingerprint density at radius 1 is 0.608 bits per heavy atom. The molecule has 0 bridgehead atoms. The third kappa shape index (κ3) is 39.1. The normalized spacial score (nSPS) is 14.1. The standard InChI is InChI=1S/C42H76NO7P/c1-3-5-7-9-11-13-15-17-19-20-21-23-25-27-29-31-33-35-42(44)50-41(40-49-51(45,46)48-38-36-43)39-47-37-34-32-30-28-26-24-22-18-16-14-12-10-8-6-4-2/h11,13,17,19,21,23,27,29,34,37,41H,3-10,12,14-16,18,20,22,24-26,28,30-33,35-36,38-40,43H2,1-2H3,(H,45,46)/b13-11-,19-17-,23-21-,29-27-,37-34-. The highest BCUT2D eigenvalue weighted by molar-refractivity contribution is 7.47. The summed E-state index contributed by atoms with van der Waals surface area (Å²) in [6.45, 7) is 4.14. The van der Waals surface area contributed by atoms with E-state index in [0.29, 0.717) is 6.42 Å². The predicted molar refractivity (Wildman–Crippen MR) is 214 cm³/mol. The lowest BCUT2D eigenvalue weighted by molar-refractivity contribution is -0.153. The molecule has 2 unspecified atom stereocenters. The van der Waals surface area contributed by atoms with Crippen LogP contribution >= 0.6 is 7.82 Å². The second kappa shape index (κ2) is 39.3. The Morgan fingerprint density at radius 2 is 1.06 bits per heavy atom. The Balaban J connectivity index is 4.23. The molecule has 0 aliphatic rings. The van der Waals surface area contributed by atoms with Crippen molar-refractivity contribution >= 4 is 13.8 Å². The number of hydrogen-bond donors (Lipinski definition) is 2. The van der Waals surface area contributed by atoms with Crippen molar-refractivity contribution in [3.63, 3.8) is 0 Å². The number of nitrogens with two attached hydrogens (primary N) is 1. The fraction of sp³-hybridized carbons (Fsp3) is 0.738. The first-order chi connectivity index (χ1) is 24.9. The first-order valence-electron chi connectivity index (χ1n) is 20.3. The summed E-state index contributed by atoms with van der Waals surface area (Å²) in [6.07, 6.45) is 47.6. The second-order valence-electron chi connectivity index (χ2n) is 13.2. The van der Waals surface area contributed by atoms with Gasteiger partial charge in [-0.1, -0.05) is 152 Å². The summed E-state index contributed by atoms with van der Waals surface area (Å²) < 4.78 is 33.0. The maximum Gasteiger partial charge on any atom is 0.472 e. The lowest BCUT2D eigenvalue weighted by Gasteiger charge is -2.19. The lowest BCUT2D eigenvalue weighted by atomic mass is 10.0. The fourth-order valence-electron chi connectivity index (χ4n) is 5.25. The molecule has 0 radical (unpaired) electrons. The molecule has 0 aromatic rings. The molecule has 3 N–H and O–H groups in total. The van der Waals surface area contributed by atoms with Crippen LogP contribution in [0.1, 0.15) is 168 Å². The van der Waals surface area contributed by atoms with Gasteiger partial charge in [-0.15, -0.1) is 0 Å². The lowest BCUT2D eigenvalue weighted by Crippen LogP contribution is -2.27. The zero-order valence-electron chi connectivity index (χ0n) is 32.6. The molecule has 9 heteroatoms. The Kier molecular flexibility index (Phi) is 37.7. The summed E-state index contributed by atoms with van der Waals surface area (Å²) >= 11 is 0. The van der Waals surface area contributed by atoms with Crippen LogP contribution in [0.2, 0.25) is 0 Å². The molecule has 8 nitrogen and oxygen atoms in total. The third-order valence-electron chi connectivity index (χ3n) is 8.25. The number of phosphoric ester groups is 1. The number of carbonyl (C=O) groups excluding carboxylic acids is 1. The average molecular weight is 738 g/mol. The van der Waals surface area contributed by atoms with Crippen molar-refractivity contribution in [1.29, 1.82) is 0 Å². The van der Waals surface area contributed by atoms with Crippen LogP contribution < -0.4 is 5.73 Å². The van der Waals surface area contributed by atoms with Crippen LogP contribution in [0.15, 0.2) is 60.9 Å². The molecule has 0 spiro atoms. The summed E-state index contributed by atoms with van der Waals surface area (Å²) in [6, 6.07) is 0. The molecule has 0 aromatic carbocycles. The summed E-state index contributed by atoms with van der Waals surface area (Å²) in [7, 11) is -4.31. The molecule has 0 fully saturated rings. The maximum atomic E-state index is 12.5. The number of phosphoric acid groups is 1. The Hall–Kier alpha value is -1.96. The predicted octanol–water partition coefficient (Wildman–Crippen LogP) is 12.1. The van der Waals surface area contributed by atoms with Crippen LogP contribution in [0.5, 0.6) is 0 Å². The number of rotatable bonds is 38. The number of ether oxygens (including phenoxy) is 2. The van der Waals surface area contributed by atoms with E-state index in [1.807, 2.05) is 6.08 Å². The highest BCUT2D eigenvalue weighted by Crippen LogP contribution is 2.43. The summed E-state index contributed by atoms with van der Waals surface area (Å²) in [5.74, 6) is -0.408. The molecule has 0 aliphatic heterocycles. The zero-order chi connectivity index (χ0) is 37.4. The van der Waals surface area contributed by atoms with Crippen molar-refractivity contribution < 1.29 is 32.8 Å². The first-order valence-corrected chi connectivity index (χ1v) is 21.8. The van der Waals surface area contributed by atoms with E-state index in [1.54, 1.807) is 6.26 Å². The van der Waals surface area contributed by atoms with Gasteiger partial charge in [0.15, 0.2) is 6.10 Å². The van der Waals surface area contributed by atoms with E-state index in [0.717, 1.165) is 38.5 Å². The van der Waals surface area contributed by atoms with Gasteiger partial charge >= 0.3 is 13.8 Å². The van der Waals surface area contributed by atoms with Gasteiger partial charge in [-0.3, -0.25) is 13.8 Å². The van der Waals surface area contributed by atoms with Gasteiger partial charge in [0, 0.05) is 13.0 Å². The highest BCUT2D eigenvalue weighted by Gasteiger charge is 2.25. The summed E-state index contributed by atoms with van der Waals surface area (Å²) in [5.41, 5.74) is 5.35. The number of carbonyl (C=O) groups is 1. The van der Waals surface area contributed by atoms with E-state index in [1.165, 1.54) is 103 Å². The molecule has 0 saturated heterocycles. The van der Waals surface area contributed by atoms with Gasteiger partial charge in [0.2, 0.25) is 0 Å². The quantitative estimate of drug-likeness (QED) is 0.0211. The molecule has 51 heavy (non-hydrogen) atoms. The van der Waals surface area contributed by atoms with Gasteiger partial charge in [0.25, 0.3) is 0 Å². The van der Waals surface area contributed by atoms with Crippen molar-refractivity contribution in [1.82, 2.24) is 0 Å². The summed E-state index contributed by atoms with van der Waals surface area (Å²) in [4.78, 5) is 22.4. The van der Waals surface area contributed by atoms with E-state index in [9.17, 15) is 14.3 Å². The first kappa shape index (κ1) is 49.0. The molecule has 0 saturated carbocycles. The number of allylic oxidation sites excluding steroid dienone is 9. The van der Waals surface area contributed by atoms with Crippen LogP contribution in [0.25, 0.3) is 0 Å². The second-order valence-corrected chi connectivity index (χ2v) is 14.7.